The molecule has 2 aromatic rings. The van der Waals surface area contributed by atoms with Crippen molar-refractivity contribution in [3.05, 3.63) is 59.7 Å². The summed E-state index contributed by atoms with van der Waals surface area (Å²) < 4.78 is 5.57. The zero-order valence-electron chi connectivity index (χ0n) is 18.1. The first kappa shape index (κ1) is 21.9. The van der Waals surface area contributed by atoms with E-state index in [-0.39, 0.29) is 18.4 Å². The number of nitrogens with zero attached hydrogens (tertiary/aromatic N) is 1. The van der Waals surface area contributed by atoms with Gasteiger partial charge in [-0.15, -0.1) is 0 Å². The number of fused-ring (bicyclic) bond motifs is 3. The summed E-state index contributed by atoms with van der Waals surface area (Å²) in [6, 6.07) is 14.5. The van der Waals surface area contributed by atoms with Crippen LogP contribution in [0.15, 0.2) is 48.5 Å². The van der Waals surface area contributed by atoms with Crippen molar-refractivity contribution in [2.75, 3.05) is 13.2 Å². The number of benzene rings is 2. The van der Waals surface area contributed by atoms with Gasteiger partial charge in [0.15, 0.2) is 0 Å². The van der Waals surface area contributed by atoms with Crippen LogP contribution < -0.4 is 5.32 Å². The van der Waals surface area contributed by atoms with Crippen LogP contribution in [0, 0.1) is 0 Å². The summed E-state index contributed by atoms with van der Waals surface area (Å²) in [6.45, 7) is 2.47. The fraction of sp³-hybridized carbons (Fsp3) is 0.400. The molecule has 7 heteroatoms. The van der Waals surface area contributed by atoms with Crippen molar-refractivity contribution in [1.29, 1.82) is 0 Å². The average molecular weight is 437 g/mol. The maximum atomic E-state index is 13.0. The number of amides is 2. The predicted molar refractivity (Wildman–Crippen MR) is 119 cm³/mol. The lowest BCUT2D eigenvalue weighted by molar-refractivity contribution is -0.149. The van der Waals surface area contributed by atoms with Gasteiger partial charge in [0.25, 0.3) is 0 Å². The van der Waals surface area contributed by atoms with Crippen LogP contribution in [0.5, 0.6) is 0 Å². The van der Waals surface area contributed by atoms with Gasteiger partial charge in [0.05, 0.1) is 0 Å². The second-order valence-corrected chi connectivity index (χ2v) is 8.34. The van der Waals surface area contributed by atoms with E-state index >= 15 is 0 Å². The summed E-state index contributed by atoms with van der Waals surface area (Å²) in [5.41, 5.74) is 4.52. The molecule has 0 saturated carbocycles. The van der Waals surface area contributed by atoms with Gasteiger partial charge in [-0.1, -0.05) is 61.9 Å². The van der Waals surface area contributed by atoms with E-state index in [1.165, 1.54) is 4.90 Å². The Kier molecular flexibility index (Phi) is 6.44. The highest BCUT2D eigenvalue weighted by Crippen LogP contribution is 2.44. The number of carboxylic acid groups (broad SMARTS) is 1. The van der Waals surface area contributed by atoms with Crippen molar-refractivity contribution < 1.29 is 24.2 Å². The quantitative estimate of drug-likeness (QED) is 0.689. The minimum Gasteiger partial charge on any atom is -0.480 e. The molecule has 32 heavy (non-hydrogen) atoms. The number of carbonyl (C=O) groups is 3. The zero-order chi connectivity index (χ0) is 22.7. The lowest BCUT2D eigenvalue weighted by Crippen LogP contribution is -2.51. The topological polar surface area (TPSA) is 95.9 Å². The molecule has 168 valence electrons. The summed E-state index contributed by atoms with van der Waals surface area (Å²) in [4.78, 5) is 38.4. The molecule has 2 amide bonds. The van der Waals surface area contributed by atoms with Gasteiger partial charge in [0.1, 0.15) is 18.7 Å². The minimum atomic E-state index is -1.01. The van der Waals surface area contributed by atoms with Crippen molar-refractivity contribution in [3.8, 4) is 11.1 Å². The number of ether oxygens (including phenoxy) is 1. The van der Waals surface area contributed by atoms with Crippen molar-refractivity contribution in [1.82, 2.24) is 10.2 Å². The molecule has 2 aromatic carbocycles. The molecule has 0 radical (unpaired) electrons. The number of likely N-dealkylation sites (tertiary alicyclic amines) is 1. The number of aliphatic carboxylic acids is 1. The largest absolute Gasteiger partial charge is 0.480 e. The van der Waals surface area contributed by atoms with Gasteiger partial charge in [-0.25, -0.2) is 9.59 Å². The Morgan fingerprint density at radius 2 is 1.72 bits per heavy atom. The highest BCUT2D eigenvalue weighted by molar-refractivity contribution is 5.89. The number of rotatable bonds is 7. The van der Waals surface area contributed by atoms with Crippen molar-refractivity contribution in [2.24, 2.45) is 0 Å². The van der Waals surface area contributed by atoms with E-state index in [4.69, 9.17) is 4.74 Å². The van der Waals surface area contributed by atoms with E-state index < -0.39 is 24.1 Å². The van der Waals surface area contributed by atoms with Crippen molar-refractivity contribution >= 4 is 18.0 Å². The molecule has 1 aliphatic carbocycles. The number of carbonyl (C=O) groups excluding carboxylic acids is 2. The first-order valence-corrected chi connectivity index (χ1v) is 11.2. The molecule has 1 fully saturated rings. The Bertz CT molecular complexity index is 975. The number of hydrogen-bond donors (Lipinski definition) is 2. The van der Waals surface area contributed by atoms with Crippen LogP contribution in [0.25, 0.3) is 11.1 Å². The second kappa shape index (κ2) is 9.42. The Balaban J connectivity index is 1.42. The monoisotopic (exact) mass is 436 g/mol. The standard InChI is InChI=1S/C25H28N2O5/c1-2-8-21(23(28)27-14-7-13-22(27)24(29)30)26-25(31)32-15-20-18-11-5-3-9-16(18)17-10-4-6-12-19(17)20/h3-6,9-12,20-22H,2,7-8,13-15H2,1H3,(H,26,31)(H,29,30)/t21-,22-/m1/s1. The molecule has 1 saturated heterocycles. The van der Waals surface area contributed by atoms with Crippen LogP contribution >= 0.6 is 0 Å². The Morgan fingerprint density at radius 3 is 2.31 bits per heavy atom. The SMILES string of the molecule is CCC[C@@H](NC(=O)OCC1c2ccccc2-c2ccccc21)C(=O)N1CCC[C@@H]1C(=O)O. The third kappa shape index (κ3) is 4.20. The predicted octanol–water partition coefficient (Wildman–Crippen LogP) is 3.77. The van der Waals surface area contributed by atoms with E-state index in [1.807, 2.05) is 43.3 Å². The molecule has 7 nitrogen and oxygen atoms in total. The van der Waals surface area contributed by atoms with Crippen LogP contribution in [0.1, 0.15) is 49.7 Å². The third-order valence-corrected chi connectivity index (χ3v) is 6.33. The molecule has 0 unspecified atom stereocenters. The molecular formula is C25H28N2O5. The molecule has 4 rings (SSSR count). The van der Waals surface area contributed by atoms with Gasteiger partial charge in [0, 0.05) is 12.5 Å². The summed E-state index contributed by atoms with van der Waals surface area (Å²) in [5.74, 6) is -1.43. The van der Waals surface area contributed by atoms with Gasteiger partial charge in [0.2, 0.25) is 5.91 Å². The van der Waals surface area contributed by atoms with E-state index in [0.29, 0.717) is 32.2 Å². The van der Waals surface area contributed by atoms with Crippen LogP contribution in [-0.2, 0) is 14.3 Å². The fourth-order valence-electron chi connectivity index (χ4n) is 4.82. The zero-order valence-corrected chi connectivity index (χ0v) is 18.1. The second-order valence-electron chi connectivity index (χ2n) is 8.34. The Hall–Kier alpha value is -3.35. The summed E-state index contributed by atoms with van der Waals surface area (Å²) in [7, 11) is 0. The van der Waals surface area contributed by atoms with Crippen LogP contribution in [-0.4, -0.2) is 53.2 Å². The molecule has 1 aliphatic heterocycles. The normalized spacial score (nSPS) is 18.0. The minimum absolute atomic E-state index is 0.0663. The Morgan fingerprint density at radius 1 is 1.09 bits per heavy atom. The van der Waals surface area contributed by atoms with Gasteiger partial charge < -0.3 is 20.1 Å². The number of nitrogens with one attached hydrogen (secondary N) is 1. The number of carboxylic acids is 1. The van der Waals surface area contributed by atoms with Crippen LogP contribution in [0.2, 0.25) is 0 Å². The summed E-state index contributed by atoms with van der Waals surface area (Å²) in [5, 5.41) is 12.1. The maximum Gasteiger partial charge on any atom is 0.407 e. The third-order valence-electron chi connectivity index (χ3n) is 6.33. The lowest BCUT2D eigenvalue weighted by atomic mass is 9.98. The smallest absolute Gasteiger partial charge is 0.407 e. The first-order chi connectivity index (χ1) is 15.5. The molecule has 0 spiro atoms. The van der Waals surface area contributed by atoms with E-state index in [1.54, 1.807) is 0 Å². The average Bonchev–Trinajstić information content (AvgIpc) is 3.40. The summed E-state index contributed by atoms with van der Waals surface area (Å²) >= 11 is 0. The van der Waals surface area contributed by atoms with Crippen LogP contribution in [0.4, 0.5) is 4.79 Å². The van der Waals surface area contributed by atoms with Gasteiger partial charge in [-0.3, -0.25) is 4.79 Å². The highest BCUT2D eigenvalue weighted by Gasteiger charge is 2.37. The van der Waals surface area contributed by atoms with Gasteiger partial charge in [-0.05, 0) is 41.5 Å². The van der Waals surface area contributed by atoms with Gasteiger partial charge >= 0.3 is 12.1 Å². The number of hydrogen-bond acceptors (Lipinski definition) is 4. The van der Waals surface area contributed by atoms with Crippen molar-refractivity contribution in [3.63, 3.8) is 0 Å². The van der Waals surface area contributed by atoms with E-state index in [2.05, 4.69) is 17.4 Å². The molecule has 0 bridgehead atoms. The van der Waals surface area contributed by atoms with Crippen LogP contribution in [0.3, 0.4) is 0 Å². The molecular weight excluding hydrogens is 408 g/mol. The molecule has 2 atom stereocenters. The number of alkyl carbamates (subject to hydrolysis) is 1. The molecule has 2 aliphatic rings. The fourth-order valence-corrected chi connectivity index (χ4v) is 4.82. The molecule has 2 N–H and O–H groups in total. The van der Waals surface area contributed by atoms with Gasteiger partial charge in [-0.2, -0.15) is 0 Å². The van der Waals surface area contributed by atoms with E-state index in [0.717, 1.165) is 22.3 Å². The molecule has 1 heterocycles. The summed E-state index contributed by atoms with van der Waals surface area (Å²) in [6.07, 6.45) is 1.51. The first-order valence-electron chi connectivity index (χ1n) is 11.2. The Labute approximate surface area is 187 Å². The molecule has 0 aromatic heterocycles. The maximum absolute atomic E-state index is 13.0. The van der Waals surface area contributed by atoms with E-state index in [9.17, 15) is 19.5 Å². The lowest BCUT2D eigenvalue weighted by Gasteiger charge is -2.27. The highest BCUT2D eigenvalue weighted by atomic mass is 16.5. The van der Waals surface area contributed by atoms with Crippen molar-refractivity contribution in [2.45, 2.75) is 50.6 Å².